The Kier molecular flexibility index (Phi) is 8.79. The van der Waals surface area contributed by atoms with Gasteiger partial charge in [0.1, 0.15) is 6.54 Å². The molecule has 5 aromatic rings. The molecule has 1 aliphatic rings. The molecule has 8 heteroatoms. The molecule has 0 aliphatic carbocycles. The maximum Gasteiger partial charge on any atom is 0.329 e. The van der Waals surface area contributed by atoms with Crippen LogP contribution >= 0.6 is 23.2 Å². The number of piperazine rings is 1. The number of benzene rings is 4. The number of carbonyl (C=O) groups is 1. The summed E-state index contributed by atoms with van der Waals surface area (Å²) >= 11 is 12.4. The van der Waals surface area contributed by atoms with E-state index in [9.17, 15) is 9.59 Å². The third kappa shape index (κ3) is 6.47. The largest absolute Gasteiger partial charge is 0.339 e. The molecule has 1 aromatic heterocycles. The van der Waals surface area contributed by atoms with E-state index in [1.807, 2.05) is 114 Å². The summed E-state index contributed by atoms with van der Waals surface area (Å²) < 4.78 is 3.22. The Morgan fingerprint density at radius 3 is 1.56 bits per heavy atom. The van der Waals surface area contributed by atoms with Gasteiger partial charge in [-0.25, -0.2) is 4.79 Å². The molecule has 0 radical (unpaired) electrons. The summed E-state index contributed by atoms with van der Waals surface area (Å²) in [5.74, 6) is -0.0648. The molecule has 0 bridgehead atoms. The summed E-state index contributed by atoms with van der Waals surface area (Å²) in [5, 5.41) is 1.38. The fourth-order valence-electron chi connectivity index (χ4n) is 5.91. The first kappa shape index (κ1) is 29.0. The van der Waals surface area contributed by atoms with Crippen LogP contribution in [0, 0.1) is 0 Å². The number of halogens is 2. The first-order valence-electron chi connectivity index (χ1n) is 14.4. The number of hydrogen-bond acceptors (Lipinski definition) is 3. The maximum absolute atomic E-state index is 13.6. The van der Waals surface area contributed by atoms with E-state index in [2.05, 4.69) is 4.90 Å². The van der Waals surface area contributed by atoms with E-state index < -0.39 is 0 Å². The molecule has 0 spiro atoms. The molecule has 218 valence electrons. The van der Waals surface area contributed by atoms with Crippen LogP contribution < -0.4 is 5.69 Å². The molecule has 0 unspecified atom stereocenters. The van der Waals surface area contributed by atoms with E-state index in [1.165, 1.54) is 4.57 Å². The topological polar surface area (TPSA) is 50.5 Å². The molecular formula is C35H32Cl2N4O2. The molecule has 6 nitrogen and oxygen atoms in total. The number of imidazole rings is 1. The minimum Gasteiger partial charge on any atom is -0.339 e. The van der Waals surface area contributed by atoms with E-state index in [-0.39, 0.29) is 30.2 Å². The van der Waals surface area contributed by atoms with Crippen LogP contribution in [-0.4, -0.2) is 51.0 Å². The number of amides is 1. The van der Waals surface area contributed by atoms with E-state index >= 15 is 0 Å². The van der Waals surface area contributed by atoms with Crippen LogP contribution in [0.1, 0.15) is 34.3 Å². The summed E-state index contributed by atoms with van der Waals surface area (Å²) in [5.41, 5.74) is 4.06. The SMILES string of the molecule is O=C(Cn1ccn(C(c2ccccc2)c2ccccc2)c1=O)N1CCN(C(c2ccc(Cl)cc2)c2ccc(Cl)cc2)CC1. The Morgan fingerprint density at radius 1 is 0.605 bits per heavy atom. The molecule has 0 saturated carbocycles. The number of nitrogens with zero attached hydrogens (tertiary/aromatic N) is 4. The van der Waals surface area contributed by atoms with Gasteiger partial charge < -0.3 is 4.90 Å². The monoisotopic (exact) mass is 610 g/mol. The molecule has 6 rings (SSSR count). The van der Waals surface area contributed by atoms with Gasteiger partial charge in [0, 0.05) is 48.6 Å². The van der Waals surface area contributed by atoms with Crippen molar-refractivity contribution in [2.24, 2.45) is 0 Å². The van der Waals surface area contributed by atoms with Gasteiger partial charge in [-0.3, -0.25) is 18.8 Å². The van der Waals surface area contributed by atoms with Gasteiger partial charge in [-0.15, -0.1) is 0 Å². The molecule has 0 N–H and O–H groups in total. The van der Waals surface area contributed by atoms with Crippen LogP contribution in [0.25, 0.3) is 0 Å². The van der Waals surface area contributed by atoms with Crippen molar-refractivity contribution >= 4 is 29.1 Å². The summed E-state index contributed by atoms with van der Waals surface area (Å²) in [7, 11) is 0. The molecule has 4 aromatic carbocycles. The number of aromatic nitrogens is 2. The number of hydrogen-bond donors (Lipinski definition) is 0. The third-order valence-corrected chi connectivity index (χ3v) is 8.60. The van der Waals surface area contributed by atoms with Crippen molar-refractivity contribution in [1.82, 2.24) is 18.9 Å². The summed E-state index contributed by atoms with van der Waals surface area (Å²) in [4.78, 5) is 31.3. The van der Waals surface area contributed by atoms with Crippen molar-refractivity contribution < 1.29 is 4.79 Å². The van der Waals surface area contributed by atoms with E-state index in [0.717, 1.165) is 22.3 Å². The lowest BCUT2D eigenvalue weighted by atomic mass is 9.96. The zero-order valence-electron chi connectivity index (χ0n) is 23.6. The first-order valence-corrected chi connectivity index (χ1v) is 15.1. The van der Waals surface area contributed by atoms with Crippen LogP contribution in [0.5, 0.6) is 0 Å². The van der Waals surface area contributed by atoms with Crippen molar-refractivity contribution in [2.45, 2.75) is 18.6 Å². The Labute approximate surface area is 261 Å². The van der Waals surface area contributed by atoms with Crippen LogP contribution in [0.15, 0.2) is 126 Å². The Bertz CT molecular complexity index is 1630. The third-order valence-electron chi connectivity index (χ3n) is 8.09. The summed E-state index contributed by atoms with van der Waals surface area (Å²) in [6.45, 7) is 2.54. The number of rotatable bonds is 8. The highest BCUT2D eigenvalue weighted by Gasteiger charge is 2.29. The molecule has 0 atom stereocenters. The molecule has 1 aliphatic heterocycles. The summed E-state index contributed by atoms with van der Waals surface area (Å²) in [6, 6.07) is 35.5. The smallest absolute Gasteiger partial charge is 0.329 e. The van der Waals surface area contributed by atoms with Gasteiger partial charge >= 0.3 is 5.69 Å². The normalized spacial score (nSPS) is 14.0. The highest BCUT2D eigenvalue weighted by atomic mass is 35.5. The maximum atomic E-state index is 13.6. The predicted molar refractivity (Wildman–Crippen MR) is 172 cm³/mol. The van der Waals surface area contributed by atoms with Crippen LogP contribution in [0.4, 0.5) is 0 Å². The molecule has 43 heavy (non-hydrogen) atoms. The van der Waals surface area contributed by atoms with Gasteiger partial charge in [0.05, 0.1) is 12.1 Å². The fourth-order valence-corrected chi connectivity index (χ4v) is 6.16. The molecule has 1 saturated heterocycles. The average Bonchev–Trinajstić information content (AvgIpc) is 3.39. The van der Waals surface area contributed by atoms with Crippen LogP contribution in [0.3, 0.4) is 0 Å². The van der Waals surface area contributed by atoms with E-state index in [4.69, 9.17) is 23.2 Å². The molecule has 2 heterocycles. The van der Waals surface area contributed by atoms with Crippen molar-refractivity contribution in [3.63, 3.8) is 0 Å². The zero-order chi connectivity index (χ0) is 29.8. The standard InChI is InChI=1S/C35H32Cl2N4O2/c36-30-15-11-28(12-16-30)33(29-13-17-31(37)18-14-29)39-21-19-38(20-22-39)32(42)25-40-23-24-41(35(40)43)34(26-7-3-1-4-8-26)27-9-5-2-6-10-27/h1-18,23-24,33-34H,19-22,25H2. The number of carbonyl (C=O) groups excluding carboxylic acids is 1. The zero-order valence-corrected chi connectivity index (χ0v) is 25.1. The van der Waals surface area contributed by atoms with Gasteiger partial charge in [0.2, 0.25) is 5.91 Å². The van der Waals surface area contributed by atoms with Gasteiger partial charge in [-0.1, -0.05) is 108 Å². The van der Waals surface area contributed by atoms with E-state index in [0.29, 0.717) is 36.2 Å². The summed E-state index contributed by atoms with van der Waals surface area (Å²) in [6.07, 6.45) is 3.49. The second kappa shape index (κ2) is 13.0. The highest BCUT2D eigenvalue weighted by Crippen LogP contribution is 2.31. The first-order chi connectivity index (χ1) is 21.0. The Balaban J connectivity index is 1.17. The fraction of sp³-hybridized carbons (Fsp3) is 0.200. The molecule has 1 amide bonds. The van der Waals surface area contributed by atoms with Crippen LogP contribution in [0.2, 0.25) is 10.0 Å². The highest BCUT2D eigenvalue weighted by molar-refractivity contribution is 6.30. The van der Waals surface area contributed by atoms with Gasteiger partial charge in [-0.05, 0) is 46.5 Å². The van der Waals surface area contributed by atoms with Crippen molar-refractivity contribution in [2.75, 3.05) is 26.2 Å². The van der Waals surface area contributed by atoms with Gasteiger partial charge in [0.25, 0.3) is 0 Å². The lowest BCUT2D eigenvalue weighted by molar-refractivity contribution is -0.133. The molecular weight excluding hydrogens is 579 g/mol. The van der Waals surface area contributed by atoms with Crippen molar-refractivity contribution in [3.8, 4) is 0 Å². The Hall–Kier alpha value is -4.10. The van der Waals surface area contributed by atoms with Gasteiger partial charge in [-0.2, -0.15) is 0 Å². The quantitative estimate of drug-likeness (QED) is 0.201. The van der Waals surface area contributed by atoms with Crippen LogP contribution in [-0.2, 0) is 11.3 Å². The minimum atomic E-state index is -0.285. The lowest BCUT2D eigenvalue weighted by Crippen LogP contribution is -2.51. The van der Waals surface area contributed by atoms with Crippen molar-refractivity contribution in [1.29, 1.82) is 0 Å². The van der Waals surface area contributed by atoms with Crippen molar-refractivity contribution in [3.05, 3.63) is 164 Å². The Morgan fingerprint density at radius 2 is 1.07 bits per heavy atom. The molecule has 1 fully saturated rings. The lowest BCUT2D eigenvalue weighted by Gasteiger charge is -2.40. The van der Waals surface area contributed by atoms with E-state index in [1.54, 1.807) is 17.0 Å². The van der Waals surface area contributed by atoms with Gasteiger partial charge in [0.15, 0.2) is 0 Å². The second-order valence-corrected chi connectivity index (χ2v) is 11.6. The second-order valence-electron chi connectivity index (χ2n) is 10.8. The average molecular weight is 612 g/mol. The minimum absolute atomic E-state index is 0.0000695. The predicted octanol–water partition coefficient (Wildman–Crippen LogP) is 6.53.